The van der Waals surface area contributed by atoms with E-state index in [2.05, 4.69) is 32.8 Å². The Labute approximate surface area is 132 Å². The van der Waals surface area contributed by atoms with Gasteiger partial charge in [-0.1, -0.05) is 22.0 Å². The Morgan fingerprint density at radius 2 is 1.81 bits per heavy atom. The van der Waals surface area contributed by atoms with E-state index in [1.54, 1.807) is 12.1 Å². The maximum Gasteiger partial charge on any atom is 0.416 e. The van der Waals surface area contributed by atoms with Crippen LogP contribution >= 0.6 is 15.9 Å². The van der Waals surface area contributed by atoms with Gasteiger partial charge in [-0.25, -0.2) is 0 Å². The van der Waals surface area contributed by atoms with Crippen molar-refractivity contribution < 1.29 is 13.2 Å². The van der Waals surface area contributed by atoms with Crippen molar-refractivity contribution in [2.24, 2.45) is 0 Å². The fourth-order valence-corrected chi connectivity index (χ4v) is 2.96. The summed E-state index contributed by atoms with van der Waals surface area (Å²) in [6, 6.07) is 4.43. The van der Waals surface area contributed by atoms with Crippen molar-refractivity contribution in [3.63, 3.8) is 0 Å². The molecule has 1 fully saturated rings. The first-order valence-corrected chi connectivity index (χ1v) is 7.92. The molecule has 6 heteroatoms. The average Bonchev–Trinajstić information content (AvgIpc) is 2.41. The normalized spacial score (nSPS) is 18.1. The van der Waals surface area contributed by atoms with E-state index in [1.807, 2.05) is 0 Å². The number of rotatable bonds is 4. The largest absolute Gasteiger partial charge is 0.416 e. The van der Waals surface area contributed by atoms with Crippen LogP contribution < -0.4 is 0 Å². The summed E-state index contributed by atoms with van der Waals surface area (Å²) in [4.78, 5) is 4.60. The SMILES string of the molecule is CN1CCN(CCCc2ccc(Br)cc2C(F)(F)F)CC1. The van der Waals surface area contributed by atoms with Gasteiger partial charge in [0.05, 0.1) is 5.56 Å². The fourth-order valence-electron chi connectivity index (χ4n) is 2.60. The quantitative estimate of drug-likeness (QED) is 0.804. The van der Waals surface area contributed by atoms with Crippen molar-refractivity contribution in [1.82, 2.24) is 9.80 Å². The number of alkyl halides is 3. The number of halogens is 4. The highest BCUT2D eigenvalue weighted by molar-refractivity contribution is 9.10. The Hall–Kier alpha value is -0.590. The summed E-state index contributed by atoms with van der Waals surface area (Å²) >= 11 is 3.11. The minimum absolute atomic E-state index is 0.389. The van der Waals surface area contributed by atoms with Gasteiger partial charge in [-0.15, -0.1) is 0 Å². The molecule has 1 aliphatic heterocycles. The van der Waals surface area contributed by atoms with Crippen LogP contribution in [0.3, 0.4) is 0 Å². The zero-order chi connectivity index (χ0) is 15.5. The lowest BCUT2D eigenvalue weighted by Gasteiger charge is -2.32. The third kappa shape index (κ3) is 4.97. The van der Waals surface area contributed by atoms with Crippen LogP contribution in [0.4, 0.5) is 13.2 Å². The molecule has 2 rings (SSSR count). The number of aryl methyl sites for hydroxylation is 1. The van der Waals surface area contributed by atoms with E-state index in [9.17, 15) is 13.2 Å². The van der Waals surface area contributed by atoms with E-state index in [-0.39, 0.29) is 0 Å². The molecule has 1 aromatic carbocycles. The maximum absolute atomic E-state index is 13.0. The Bertz CT molecular complexity index is 468. The highest BCUT2D eigenvalue weighted by Gasteiger charge is 2.33. The molecule has 0 spiro atoms. The van der Waals surface area contributed by atoms with Gasteiger partial charge >= 0.3 is 6.18 Å². The fraction of sp³-hybridized carbons (Fsp3) is 0.600. The molecule has 1 aliphatic rings. The van der Waals surface area contributed by atoms with Gasteiger partial charge in [0.2, 0.25) is 0 Å². The van der Waals surface area contributed by atoms with Crippen molar-refractivity contribution in [2.45, 2.75) is 19.0 Å². The maximum atomic E-state index is 13.0. The Morgan fingerprint density at radius 1 is 1.14 bits per heavy atom. The van der Waals surface area contributed by atoms with Crippen molar-refractivity contribution >= 4 is 15.9 Å². The Balaban J connectivity index is 1.91. The van der Waals surface area contributed by atoms with Crippen LogP contribution in [0.25, 0.3) is 0 Å². The predicted molar refractivity (Wildman–Crippen MR) is 81.4 cm³/mol. The minimum Gasteiger partial charge on any atom is -0.304 e. The van der Waals surface area contributed by atoms with Gasteiger partial charge in [-0.2, -0.15) is 13.2 Å². The molecule has 0 atom stereocenters. The van der Waals surface area contributed by atoms with Crippen LogP contribution in [0.2, 0.25) is 0 Å². The smallest absolute Gasteiger partial charge is 0.304 e. The van der Waals surface area contributed by atoms with Crippen LogP contribution in [0.1, 0.15) is 17.5 Å². The zero-order valence-electron chi connectivity index (χ0n) is 12.1. The van der Waals surface area contributed by atoms with Crippen molar-refractivity contribution in [2.75, 3.05) is 39.8 Å². The van der Waals surface area contributed by atoms with E-state index in [1.165, 1.54) is 6.07 Å². The third-order valence-corrected chi connectivity index (χ3v) is 4.39. The molecule has 118 valence electrons. The highest BCUT2D eigenvalue weighted by atomic mass is 79.9. The Kier molecular flexibility index (Phi) is 5.68. The second kappa shape index (κ2) is 7.11. The summed E-state index contributed by atoms with van der Waals surface area (Å²) in [5, 5.41) is 0. The third-order valence-electron chi connectivity index (χ3n) is 3.89. The van der Waals surface area contributed by atoms with Crippen molar-refractivity contribution in [3.05, 3.63) is 33.8 Å². The lowest BCUT2D eigenvalue weighted by atomic mass is 10.0. The molecule has 1 aromatic rings. The number of benzene rings is 1. The average molecular weight is 365 g/mol. The van der Waals surface area contributed by atoms with E-state index < -0.39 is 11.7 Å². The lowest BCUT2D eigenvalue weighted by molar-refractivity contribution is -0.138. The molecular formula is C15H20BrF3N2. The van der Waals surface area contributed by atoms with Gasteiger partial charge in [0, 0.05) is 30.7 Å². The van der Waals surface area contributed by atoms with Crippen molar-refractivity contribution in [3.8, 4) is 0 Å². The van der Waals surface area contributed by atoms with Crippen LogP contribution in [0.15, 0.2) is 22.7 Å². The molecule has 1 saturated heterocycles. The standard InChI is InChI=1S/C15H20BrF3N2/c1-20-7-9-21(10-8-20)6-2-3-12-4-5-13(16)11-14(12)15(17,18)19/h4-5,11H,2-3,6-10H2,1H3. The van der Waals surface area contributed by atoms with E-state index in [4.69, 9.17) is 0 Å². The van der Waals surface area contributed by atoms with Gasteiger partial charge in [0.25, 0.3) is 0 Å². The first-order chi connectivity index (χ1) is 9.86. The van der Waals surface area contributed by atoms with Gasteiger partial charge in [0.1, 0.15) is 0 Å². The molecule has 0 radical (unpaired) electrons. The van der Waals surface area contributed by atoms with E-state index in [0.717, 1.165) is 39.1 Å². The molecule has 0 aliphatic carbocycles. The van der Waals surface area contributed by atoms with Gasteiger partial charge in [-0.3, -0.25) is 0 Å². The number of likely N-dealkylation sites (N-methyl/N-ethyl adjacent to an activating group) is 1. The monoisotopic (exact) mass is 364 g/mol. The van der Waals surface area contributed by atoms with Gasteiger partial charge in [0.15, 0.2) is 0 Å². The lowest BCUT2D eigenvalue weighted by Crippen LogP contribution is -2.44. The second-order valence-corrected chi connectivity index (χ2v) is 6.46. The number of nitrogens with zero attached hydrogens (tertiary/aromatic N) is 2. The first kappa shape index (κ1) is 16.8. The molecule has 21 heavy (non-hydrogen) atoms. The summed E-state index contributed by atoms with van der Waals surface area (Å²) < 4.78 is 39.5. The zero-order valence-corrected chi connectivity index (χ0v) is 13.7. The minimum atomic E-state index is -4.28. The summed E-state index contributed by atoms with van der Waals surface area (Å²) in [5.74, 6) is 0. The van der Waals surface area contributed by atoms with Crippen molar-refractivity contribution in [1.29, 1.82) is 0 Å². The molecule has 0 saturated carbocycles. The van der Waals surface area contributed by atoms with Crippen LogP contribution in [0, 0.1) is 0 Å². The number of hydrogen-bond donors (Lipinski definition) is 0. The van der Waals surface area contributed by atoms with E-state index >= 15 is 0 Å². The molecule has 0 bridgehead atoms. The van der Waals surface area contributed by atoms with Gasteiger partial charge in [-0.05, 0) is 44.1 Å². The predicted octanol–water partition coefficient (Wildman–Crippen LogP) is 3.65. The number of piperazine rings is 1. The molecule has 1 heterocycles. The highest BCUT2D eigenvalue weighted by Crippen LogP contribution is 2.34. The second-order valence-electron chi connectivity index (χ2n) is 5.55. The topological polar surface area (TPSA) is 6.48 Å². The molecule has 0 N–H and O–H groups in total. The van der Waals surface area contributed by atoms with E-state index in [0.29, 0.717) is 16.5 Å². The molecule has 0 aromatic heterocycles. The summed E-state index contributed by atoms with van der Waals surface area (Å²) in [5.41, 5.74) is -0.130. The van der Waals surface area contributed by atoms with Crippen LogP contribution in [-0.2, 0) is 12.6 Å². The molecular weight excluding hydrogens is 345 g/mol. The molecule has 0 unspecified atom stereocenters. The Morgan fingerprint density at radius 3 is 2.43 bits per heavy atom. The molecule has 0 amide bonds. The summed E-state index contributed by atoms with van der Waals surface area (Å²) in [7, 11) is 2.09. The number of hydrogen-bond acceptors (Lipinski definition) is 2. The van der Waals surface area contributed by atoms with Crippen LogP contribution in [0.5, 0.6) is 0 Å². The van der Waals surface area contributed by atoms with Gasteiger partial charge < -0.3 is 9.80 Å². The first-order valence-electron chi connectivity index (χ1n) is 7.13. The van der Waals surface area contributed by atoms with Crippen LogP contribution in [-0.4, -0.2) is 49.6 Å². The molecule has 2 nitrogen and oxygen atoms in total. The summed E-state index contributed by atoms with van der Waals surface area (Å²) in [6.45, 7) is 4.94. The summed E-state index contributed by atoms with van der Waals surface area (Å²) in [6.07, 6.45) is -3.06.